The zero-order chi connectivity index (χ0) is 17.7. The standard InChI is InChI=1S/C17H23Cl2N3O2/c1-4-24-17(23)16(22-9-11(2)7-12(3)10-22)21-20-15-8-13(18)5-6-14(15)19/h5-6,8,11-12,20H,4,7,9-10H2,1-3H3/b21-16-/t11-,12+. The van der Waals surface area contributed by atoms with Gasteiger partial charge in [-0.3, -0.25) is 5.43 Å². The Morgan fingerprint density at radius 2 is 2.00 bits per heavy atom. The summed E-state index contributed by atoms with van der Waals surface area (Å²) in [6.07, 6.45) is 1.14. The minimum Gasteiger partial charge on any atom is -0.460 e. The fourth-order valence-electron chi connectivity index (χ4n) is 2.97. The van der Waals surface area contributed by atoms with Gasteiger partial charge in [-0.25, -0.2) is 4.79 Å². The molecule has 1 heterocycles. The zero-order valence-corrected chi connectivity index (χ0v) is 15.7. The van der Waals surface area contributed by atoms with Crippen LogP contribution in [-0.2, 0) is 9.53 Å². The molecule has 5 nitrogen and oxygen atoms in total. The lowest BCUT2D eigenvalue weighted by Crippen LogP contribution is -2.46. The van der Waals surface area contributed by atoms with Crippen molar-refractivity contribution in [3.8, 4) is 0 Å². The van der Waals surface area contributed by atoms with E-state index in [0.29, 0.717) is 34.2 Å². The summed E-state index contributed by atoms with van der Waals surface area (Å²) in [5.74, 6) is 0.807. The van der Waals surface area contributed by atoms with Crippen LogP contribution in [0, 0.1) is 11.8 Å². The molecule has 0 bridgehead atoms. The average molecular weight is 372 g/mol. The third-order valence-corrected chi connectivity index (χ3v) is 4.40. The molecule has 2 rings (SSSR count). The van der Waals surface area contributed by atoms with Crippen molar-refractivity contribution in [2.24, 2.45) is 16.9 Å². The van der Waals surface area contributed by atoms with E-state index in [-0.39, 0.29) is 5.84 Å². The molecular weight excluding hydrogens is 349 g/mol. The Balaban J connectivity index is 2.24. The molecule has 1 saturated heterocycles. The van der Waals surface area contributed by atoms with Gasteiger partial charge in [-0.15, -0.1) is 5.10 Å². The van der Waals surface area contributed by atoms with Crippen molar-refractivity contribution in [1.29, 1.82) is 0 Å². The molecule has 1 fully saturated rings. The summed E-state index contributed by atoms with van der Waals surface area (Å²) in [6.45, 7) is 7.96. The van der Waals surface area contributed by atoms with Gasteiger partial charge in [0.25, 0.3) is 0 Å². The maximum atomic E-state index is 12.3. The van der Waals surface area contributed by atoms with Gasteiger partial charge >= 0.3 is 5.97 Å². The van der Waals surface area contributed by atoms with Crippen molar-refractivity contribution < 1.29 is 9.53 Å². The molecule has 0 spiro atoms. The Kier molecular flexibility index (Phi) is 6.75. The predicted molar refractivity (Wildman–Crippen MR) is 98.7 cm³/mol. The van der Waals surface area contributed by atoms with Crippen LogP contribution in [0.5, 0.6) is 0 Å². The highest BCUT2D eigenvalue weighted by atomic mass is 35.5. The second kappa shape index (κ2) is 8.58. The fraction of sp³-hybridized carbons (Fsp3) is 0.529. The Labute approximate surface area is 152 Å². The number of hydrogen-bond donors (Lipinski definition) is 1. The number of ether oxygens (including phenoxy) is 1. The van der Waals surface area contributed by atoms with E-state index in [1.807, 2.05) is 4.90 Å². The number of carbonyl (C=O) groups is 1. The van der Waals surface area contributed by atoms with Gasteiger partial charge in [-0.1, -0.05) is 37.0 Å². The molecule has 132 valence electrons. The number of nitrogens with zero attached hydrogens (tertiary/aromatic N) is 2. The summed E-state index contributed by atoms with van der Waals surface area (Å²) in [5.41, 5.74) is 3.39. The van der Waals surface area contributed by atoms with Crippen molar-refractivity contribution >= 4 is 40.7 Å². The highest BCUT2D eigenvalue weighted by Crippen LogP contribution is 2.26. The van der Waals surface area contributed by atoms with Crippen molar-refractivity contribution in [3.63, 3.8) is 0 Å². The van der Waals surface area contributed by atoms with Gasteiger partial charge in [0.2, 0.25) is 5.84 Å². The number of amidine groups is 1. The Morgan fingerprint density at radius 1 is 1.33 bits per heavy atom. The van der Waals surface area contributed by atoms with Crippen LogP contribution in [0.25, 0.3) is 0 Å². The maximum Gasteiger partial charge on any atom is 0.375 e. The number of likely N-dealkylation sites (tertiary alicyclic amines) is 1. The molecule has 1 aromatic carbocycles. The molecule has 0 saturated carbocycles. The number of esters is 1. The van der Waals surface area contributed by atoms with Gasteiger partial charge in [0, 0.05) is 18.1 Å². The molecule has 0 aromatic heterocycles. The summed E-state index contributed by atoms with van der Waals surface area (Å²) in [5, 5.41) is 5.30. The topological polar surface area (TPSA) is 53.9 Å². The Bertz CT molecular complexity index is 612. The van der Waals surface area contributed by atoms with E-state index in [0.717, 1.165) is 19.5 Å². The smallest absolute Gasteiger partial charge is 0.375 e. The van der Waals surface area contributed by atoms with Gasteiger partial charge in [0.1, 0.15) is 0 Å². The van der Waals surface area contributed by atoms with Crippen LogP contribution in [0.2, 0.25) is 10.0 Å². The van der Waals surface area contributed by atoms with Gasteiger partial charge in [-0.05, 0) is 43.4 Å². The number of nitrogens with one attached hydrogen (secondary N) is 1. The third kappa shape index (κ3) is 5.02. The first-order chi connectivity index (χ1) is 11.4. The highest BCUT2D eigenvalue weighted by Gasteiger charge is 2.28. The first kappa shape index (κ1) is 18.9. The second-order valence-corrected chi connectivity index (χ2v) is 7.09. The lowest BCUT2D eigenvalue weighted by molar-refractivity contribution is -0.136. The fourth-order valence-corrected chi connectivity index (χ4v) is 3.31. The van der Waals surface area contributed by atoms with E-state index < -0.39 is 5.97 Å². The first-order valence-electron chi connectivity index (χ1n) is 8.11. The average Bonchev–Trinajstić information content (AvgIpc) is 2.50. The van der Waals surface area contributed by atoms with Gasteiger partial charge < -0.3 is 9.64 Å². The Morgan fingerprint density at radius 3 is 2.62 bits per heavy atom. The van der Waals surface area contributed by atoms with Crippen LogP contribution >= 0.6 is 23.2 Å². The maximum absolute atomic E-state index is 12.3. The number of rotatable bonds is 3. The number of benzene rings is 1. The van der Waals surface area contributed by atoms with E-state index in [4.69, 9.17) is 27.9 Å². The van der Waals surface area contributed by atoms with Crippen molar-refractivity contribution in [1.82, 2.24) is 4.90 Å². The molecule has 24 heavy (non-hydrogen) atoms. The predicted octanol–water partition coefficient (Wildman–Crippen LogP) is 4.26. The molecule has 1 aromatic rings. The number of hydrazone groups is 1. The van der Waals surface area contributed by atoms with Crippen LogP contribution in [0.4, 0.5) is 5.69 Å². The van der Waals surface area contributed by atoms with Crippen LogP contribution < -0.4 is 5.43 Å². The van der Waals surface area contributed by atoms with E-state index in [9.17, 15) is 4.79 Å². The SMILES string of the molecule is CCOC(=O)/C(=N/Nc1cc(Cl)ccc1Cl)N1C[C@H](C)C[C@H](C)C1. The molecular formula is C17H23Cl2N3O2. The first-order valence-corrected chi connectivity index (χ1v) is 8.87. The van der Waals surface area contributed by atoms with Crippen LogP contribution in [0.15, 0.2) is 23.3 Å². The molecule has 1 aliphatic heterocycles. The van der Waals surface area contributed by atoms with Crippen molar-refractivity contribution in [3.05, 3.63) is 28.2 Å². The molecule has 1 N–H and O–H groups in total. The van der Waals surface area contributed by atoms with E-state index in [1.165, 1.54) is 0 Å². The number of carbonyl (C=O) groups excluding carboxylic acids is 1. The van der Waals surface area contributed by atoms with Crippen molar-refractivity contribution in [2.75, 3.05) is 25.1 Å². The van der Waals surface area contributed by atoms with Crippen LogP contribution in [0.3, 0.4) is 0 Å². The summed E-state index contributed by atoms with van der Waals surface area (Å²) < 4.78 is 5.16. The minimum absolute atomic E-state index is 0.270. The van der Waals surface area contributed by atoms with Crippen LogP contribution in [-0.4, -0.2) is 36.4 Å². The lowest BCUT2D eigenvalue weighted by Gasteiger charge is -2.36. The summed E-state index contributed by atoms with van der Waals surface area (Å²) >= 11 is 12.1. The monoisotopic (exact) mass is 371 g/mol. The minimum atomic E-state index is -0.440. The lowest BCUT2D eigenvalue weighted by atomic mass is 9.92. The molecule has 2 atom stereocenters. The summed E-state index contributed by atoms with van der Waals surface area (Å²) in [6, 6.07) is 5.04. The van der Waals surface area contributed by atoms with E-state index >= 15 is 0 Å². The van der Waals surface area contributed by atoms with Crippen molar-refractivity contribution in [2.45, 2.75) is 27.2 Å². The quantitative estimate of drug-likeness (QED) is 0.373. The molecule has 0 radical (unpaired) electrons. The summed E-state index contributed by atoms with van der Waals surface area (Å²) in [7, 11) is 0. The zero-order valence-electron chi connectivity index (χ0n) is 14.2. The Hall–Kier alpha value is -1.46. The van der Waals surface area contributed by atoms with Gasteiger partial charge in [-0.2, -0.15) is 0 Å². The number of hydrogen-bond acceptors (Lipinski definition) is 4. The number of anilines is 1. The normalized spacial score (nSPS) is 21.5. The molecule has 1 aliphatic rings. The van der Waals surface area contributed by atoms with E-state index in [2.05, 4.69) is 24.4 Å². The second-order valence-electron chi connectivity index (χ2n) is 6.24. The molecule has 0 amide bonds. The van der Waals surface area contributed by atoms with Gasteiger partial charge in [0.05, 0.1) is 17.3 Å². The molecule has 0 unspecified atom stereocenters. The number of piperidine rings is 1. The molecule has 0 aliphatic carbocycles. The highest BCUT2D eigenvalue weighted by molar-refractivity contribution is 6.36. The van der Waals surface area contributed by atoms with E-state index in [1.54, 1.807) is 25.1 Å². The van der Waals surface area contributed by atoms with Crippen LogP contribution in [0.1, 0.15) is 27.2 Å². The van der Waals surface area contributed by atoms with Gasteiger partial charge in [0.15, 0.2) is 0 Å². The number of halogens is 2. The summed E-state index contributed by atoms with van der Waals surface area (Å²) in [4.78, 5) is 14.3. The largest absolute Gasteiger partial charge is 0.460 e. The molecule has 7 heteroatoms. The third-order valence-electron chi connectivity index (χ3n) is 3.84.